The van der Waals surface area contributed by atoms with Crippen molar-refractivity contribution in [2.45, 2.75) is 38.6 Å². The van der Waals surface area contributed by atoms with Gasteiger partial charge in [-0.2, -0.15) is 5.10 Å². The third-order valence-corrected chi connectivity index (χ3v) is 6.40. The molecule has 1 aromatic heterocycles. The van der Waals surface area contributed by atoms with Gasteiger partial charge < -0.3 is 4.90 Å². The number of aryl methyl sites for hydroxylation is 3. The molecule has 1 aliphatic heterocycles. The van der Waals surface area contributed by atoms with Gasteiger partial charge in [-0.15, -0.1) is 0 Å². The Morgan fingerprint density at radius 3 is 2.76 bits per heavy atom. The summed E-state index contributed by atoms with van der Waals surface area (Å²) in [5.74, 6) is 0.180. The summed E-state index contributed by atoms with van der Waals surface area (Å²) >= 11 is 0. The molecule has 5 heteroatoms. The van der Waals surface area contributed by atoms with E-state index in [-0.39, 0.29) is 17.6 Å². The normalized spacial score (nSPS) is 18.3. The Morgan fingerprint density at radius 2 is 1.93 bits per heavy atom. The summed E-state index contributed by atoms with van der Waals surface area (Å²) in [5, 5.41) is 6.52. The topological polar surface area (TPSA) is 55.2 Å². The van der Waals surface area contributed by atoms with E-state index in [0.29, 0.717) is 19.5 Å². The molecule has 148 valence electrons. The van der Waals surface area contributed by atoms with Crippen LogP contribution in [0.4, 0.5) is 0 Å². The van der Waals surface area contributed by atoms with Crippen LogP contribution in [0.15, 0.2) is 48.8 Å². The molecule has 1 saturated heterocycles. The van der Waals surface area contributed by atoms with E-state index in [2.05, 4.69) is 29.4 Å². The van der Waals surface area contributed by atoms with E-state index in [9.17, 15) is 9.59 Å². The fraction of sp³-hybridized carbons (Fsp3) is 0.375. The molecule has 1 fully saturated rings. The fourth-order valence-electron chi connectivity index (χ4n) is 4.90. The number of Topliss-reactive ketones (excluding diaryl/α,β-unsaturated/α-hetero) is 1. The maximum absolute atomic E-state index is 13.4. The zero-order valence-electron chi connectivity index (χ0n) is 16.5. The van der Waals surface area contributed by atoms with Gasteiger partial charge in [0.05, 0.1) is 0 Å². The van der Waals surface area contributed by atoms with Crippen LogP contribution in [0.25, 0.3) is 10.8 Å². The number of ketones is 1. The highest BCUT2D eigenvalue weighted by atomic mass is 16.2. The van der Waals surface area contributed by atoms with E-state index in [1.807, 2.05) is 23.2 Å². The van der Waals surface area contributed by atoms with Crippen molar-refractivity contribution in [1.29, 1.82) is 0 Å². The minimum Gasteiger partial charge on any atom is -0.342 e. The molecule has 1 amide bonds. The van der Waals surface area contributed by atoms with Crippen LogP contribution in [0.5, 0.6) is 0 Å². The molecule has 1 atom stereocenters. The van der Waals surface area contributed by atoms with Crippen LogP contribution in [0.2, 0.25) is 0 Å². The highest BCUT2D eigenvalue weighted by Crippen LogP contribution is 2.34. The number of amides is 1. The average molecular weight is 387 g/mol. The number of nitrogens with zero attached hydrogens (tertiary/aromatic N) is 3. The molecular weight excluding hydrogens is 362 g/mol. The number of likely N-dealkylation sites (tertiary alicyclic amines) is 1. The molecule has 29 heavy (non-hydrogen) atoms. The van der Waals surface area contributed by atoms with Crippen molar-refractivity contribution in [3.63, 3.8) is 0 Å². The van der Waals surface area contributed by atoms with E-state index < -0.39 is 0 Å². The first-order valence-corrected chi connectivity index (χ1v) is 10.5. The van der Waals surface area contributed by atoms with E-state index in [0.717, 1.165) is 43.2 Å². The Hall–Kier alpha value is -2.95. The number of carbonyl (C=O) groups is 2. The van der Waals surface area contributed by atoms with Gasteiger partial charge in [0.2, 0.25) is 5.91 Å². The molecule has 3 aromatic rings. The molecule has 2 aromatic carbocycles. The third kappa shape index (κ3) is 3.35. The van der Waals surface area contributed by atoms with Crippen LogP contribution in [0.3, 0.4) is 0 Å². The second kappa shape index (κ2) is 7.47. The van der Waals surface area contributed by atoms with Gasteiger partial charge in [0.1, 0.15) is 0 Å². The van der Waals surface area contributed by atoms with Gasteiger partial charge >= 0.3 is 0 Å². The van der Waals surface area contributed by atoms with Gasteiger partial charge in [-0.3, -0.25) is 14.3 Å². The number of piperidine rings is 1. The predicted octanol–water partition coefficient (Wildman–Crippen LogP) is 3.65. The van der Waals surface area contributed by atoms with Gasteiger partial charge in [-0.05, 0) is 53.6 Å². The Labute approximate surface area is 170 Å². The molecular formula is C24H25N3O2. The molecule has 0 radical (unpaired) electrons. The maximum atomic E-state index is 13.4. The van der Waals surface area contributed by atoms with Crippen molar-refractivity contribution in [2.75, 3.05) is 13.1 Å². The Kier molecular flexibility index (Phi) is 4.66. The summed E-state index contributed by atoms with van der Waals surface area (Å²) in [5.41, 5.74) is 3.53. The van der Waals surface area contributed by atoms with Gasteiger partial charge in [0.15, 0.2) is 5.78 Å². The predicted molar refractivity (Wildman–Crippen MR) is 112 cm³/mol. The first-order valence-electron chi connectivity index (χ1n) is 10.5. The zero-order valence-corrected chi connectivity index (χ0v) is 16.5. The van der Waals surface area contributed by atoms with Crippen molar-refractivity contribution < 1.29 is 9.59 Å². The van der Waals surface area contributed by atoms with Crippen LogP contribution in [-0.2, 0) is 24.2 Å². The van der Waals surface area contributed by atoms with Gasteiger partial charge in [0.25, 0.3) is 0 Å². The first-order chi connectivity index (χ1) is 14.2. The van der Waals surface area contributed by atoms with Crippen LogP contribution < -0.4 is 0 Å². The Balaban J connectivity index is 1.33. The number of carbonyl (C=O) groups excluding carboxylic acids is 2. The largest absolute Gasteiger partial charge is 0.342 e. The minimum absolute atomic E-state index is 0.110. The van der Waals surface area contributed by atoms with Crippen molar-refractivity contribution in [3.8, 4) is 0 Å². The zero-order chi connectivity index (χ0) is 19.8. The van der Waals surface area contributed by atoms with Gasteiger partial charge in [-0.25, -0.2) is 0 Å². The molecule has 2 heterocycles. The average Bonchev–Trinajstić information content (AvgIpc) is 3.43. The molecule has 5 nitrogen and oxygen atoms in total. The highest BCUT2D eigenvalue weighted by molar-refractivity contribution is 6.11. The summed E-state index contributed by atoms with van der Waals surface area (Å²) < 4.78 is 1.78. The van der Waals surface area contributed by atoms with Crippen LogP contribution in [0, 0.1) is 5.92 Å². The smallest absolute Gasteiger partial charge is 0.224 e. The summed E-state index contributed by atoms with van der Waals surface area (Å²) in [4.78, 5) is 28.0. The van der Waals surface area contributed by atoms with Crippen LogP contribution >= 0.6 is 0 Å². The SMILES string of the molecule is O=C(c1ccc2c3c(cccc13)CC2)[C@H]1CCCN(C(=O)CCn2cccn2)C1. The number of aromatic nitrogens is 2. The van der Waals surface area contributed by atoms with E-state index in [1.54, 1.807) is 10.9 Å². The summed E-state index contributed by atoms with van der Waals surface area (Å²) in [6.45, 7) is 1.85. The summed E-state index contributed by atoms with van der Waals surface area (Å²) in [6, 6.07) is 12.3. The molecule has 0 unspecified atom stereocenters. The van der Waals surface area contributed by atoms with E-state index >= 15 is 0 Å². The number of benzene rings is 2. The molecule has 5 rings (SSSR count). The van der Waals surface area contributed by atoms with Crippen molar-refractivity contribution in [3.05, 3.63) is 65.5 Å². The molecule has 0 bridgehead atoms. The summed E-state index contributed by atoms with van der Waals surface area (Å²) in [6.07, 6.45) is 7.86. The molecule has 0 spiro atoms. The monoisotopic (exact) mass is 387 g/mol. The highest BCUT2D eigenvalue weighted by Gasteiger charge is 2.30. The van der Waals surface area contributed by atoms with Gasteiger partial charge in [-0.1, -0.05) is 30.3 Å². The molecule has 0 saturated carbocycles. The van der Waals surface area contributed by atoms with Crippen LogP contribution in [-0.4, -0.2) is 39.5 Å². The lowest BCUT2D eigenvalue weighted by Gasteiger charge is -2.32. The Morgan fingerprint density at radius 1 is 1.07 bits per heavy atom. The number of hydrogen-bond acceptors (Lipinski definition) is 3. The second-order valence-electron chi connectivity index (χ2n) is 8.17. The minimum atomic E-state index is -0.115. The number of hydrogen-bond donors (Lipinski definition) is 0. The van der Waals surface area contributed by atoms with Gasteiger partial charge in [0, 0.05) is 49.9 Å². The second-order valence-corrected chi connectivity index (χ2v) is 8.17. The fourth-order valence-corrected chi connectivity index (χ4v) is 4.90. The van der Waals surface area contributed by atoms with E-state index in [1.165, 1.54) is 16.5 Å². The van der Waals surface area contributed by atoms with E-state index in [4.69, 9.17) is 0 Å². The summed E-state index contributed by atoms with van der Waals surface area (Å²) in [7, 11) is 0. The standard InChI is InChI=1S/C24H25N3O2/c28-22(11-15-27-14-3-12-25-27)26-13-2-5-19(16-26)24(29)21-10-9-18-8-7-17-4-1-6-20(21)23(17)18/h1,3-4,6,9-10,12,14,19H,2,5,7-8,11,13,15-16H2/t19-/m0/s1. The van der Waals surface area contributed by atoms with Crippen molar-refractivity contribution in [2.24, 2.45) is 5.92 Å². The van der Waals surface area contributed by atoms with Crippen molar-refractivity contribution in [1.82, 2.24) is 14.7 Å². The lowest BCUT2D eigenvalue weighted by atomic mass is 9.87. The molecule has 1 aliphatic carbocycles. The molecule has 0 N–H and O–H groups in total. The first kappa shape index (κ1) is 18.1. The quantitative estimate of drug-likeness (QED) is 0.628. The van der Waals surface area contributed by atoms with Crippen molar-refractivity contribution >= 4 is 22.5 Å². The number of rotatable bonds is 5. The maximum Gasteiger partial charge on any atom is 0.224 e. The third-order valence-electron chi connectivity index (χ3n) is 6.40. The lowest BCUT2D eigenvalue weighted by Crippen LogP contribution is -2.42. The van der Waals surface area contributed by atoms with Crippen LogP contribution in [0.1, 0.15) is 40.7 Å². The molecule has 2 aliphatic rings. The Bertz CT molecular complexity index is 1060. The lowest BCUT2D eigenvalue weighted by molar-refractivity contribution is -0.132.